The van der Waals surface area contributed by atoms with Crippen molar-refractivity contribution >= 4 is 28.7 Å². The molecule has 1 aromatic carbocycles. The maximum Gasteiger partial charge on any atom is 0.332 e. The van der Waals surface area contributed by atoms with Crippen molar-refractivity contribution < 1.29 is 4.79 Å². The summed E-state index contributed by atoms with van der Waals surface area (Å²) in [7, 11) is 2.91. The lowest BCUT2D eigenvalue weighted by molar-refractivity contribution is -0.121. The first-order valence-corrected chi connectivity index (χ1v) is 7.89. The molecule has 130 valence electrons. The van der Waals surface area contributed by atoms with E-state index in [1.165, 1.54) is 29.6 Å². The summed E-state index contributed by atoms with van der Waals surface area (Å²) in [5.74, 6) is -0.296. The Hall–Kier alpha value is -2.87. The van der Waals surface area contributed by atoms with Crippen LogP contribution in [0.15, 0.2) is 40.2 Å². The Labute approximate surface area is 147 Å². The van der Waals surface area contributed by atoms with Gasteiger partial charge in [0.25, 0.3) is 5.56 Å². The quantitative estimate of drug-likeness (QED) is 0.728. The summed E-state index contributed by atoms with van der Waals surface area (Å²) in [6.45, 7) is 0.191. The van der Waals surface area contributed by atoms with Crippen molar-refractivity contribution in [1.82, 2.24) is 24.0 Å². The Bertz CT molecular complexity index is 1080. The van der Waals surface area contributed by atoms with Crippen LogP contribution in [-0.4, -0.2) is 24.6 Å². The third-order valence-electron chi connectivity index (χ3n) is 3.96. The monoisotopic (exact) mass is 361 g/mol. The summed E-state index contributed by atoms with van der Waals surface area (Å²) < 4.78 is 3.69. The molecule has 0 atom stereocenters. The topological polar surface area (TPSA) is 90.9 Å². The van der Waals surface area contributed by atoms with Gasteiger partial charge in [-0.25, -0.2) is 9.78 Å². The highest BCUT2D eigenvalue weighted by Crippen LogP contribution is 2.14. The molecule has 3 rings (SSSR count). The van der Waals surface area contributed by atoms with E-state index in [2.05, 4.69) is 10.3 Å². The van der Waals surface area contributed by atoms with Crippen molar-refractivity contribution in [2.24, 2.45) is 14.1 Å². The highest BCUT2D eigenvalue weighted by Gasteiger charge is 2.15. The third kappa shape index (κ3) is 3.08. The molecular formula is C16H16ClN5O3. The SMILES string of the molecule is Cn1c(=O)c2c(ncn2CC(=O)NCc2ccccc2Cl)n(C)c1=O. The number of hydrogen-bond donors (Lipinski definition) is 1. The van der Waals surface area contributed by atoms with Gasteiger partial charge in [0.1, 0.15) is 6.54 Å². The molecule has 0 saturated carbocycles. The molecule has 0 aliphatic carbocycles. The van der Waals surface area contributed by atoms with E-state index in [-0.39, 0.29) is 30.2 Å². The number of aromatic nitrogens is 4. The number of rotatable bonds is 4. The number of imidazole rings is 1. The van der Waals surface area contributed by atoms with Gasteiger partial charge in [-0.2, -0.15) is 0 Å². The van der Waals surface area contributed by atoms with E-state index in [4.69, 9.17) is 11.6 Å². The number of nitrogens with one attached hydrogen (secondary N) is 1. The largest absolute Gasteiger partial charge is 0.350 e. The van der Waals surface area contributed by atoms with E-state index in [1.807, 2.05) is 18.2 Å². The molecule has 0 fully saturated rings. The molecule has 0 radical (unpaired) electrons. The maximum absolute atomic E-state index is 12.3. The molecule has 2 heterocycles. The van der Waals surface area contributed by atoms with Crippen molar-refractivity contribution in [2.75, 3.05) is 0 Å². The summed E-state index contributed by atoms with van der Waals surface area (Å²) in [6.07, 6.45) is 1.38. The molecule has 1 amide bonds. The van der Waals surface area contributed by atoms with Crippen LogP contribution in [-0.2, 0) is 32.0 Å². The van der Waals surface area contributed by atoms with Gasteiger partial charge in [-0.05, 0) is 11.6 Å². The molecule has 3 aromatic rings. The van der Waals surface area contributed by atoms with Gasteiger partial charge >= 0.3 is 5.69 Å². The molecular weight excluding hydrogens is 346 g/mol. The average molecular weight is 362 g/mol. The fourth-order valence-electron chi connectivity index (χ4n) is 2.56. The molecule has 0 aliphatic rings. The minimum atomic E-state index is -0.491. The molecule has 0 bridgehead atoms. The number of hydrogen-bond acceptors (Lipinski definition) is 4. The highest BCUT2D eigenvalue weighted by molar-refractivity contribution is 6.31. The zero-order chi connectivity index (χ0) is 18.1. The standard InChI is InChI=1S/C16H16ClN5O3/c1-20-14-13(15(24)21(2)16(20)25)22(9-19-14)8-12(23)18-7-10-5-3-4-6-11(10)17/h3-6,9H,7-8H2,1-2H3,(H,18,23). The first-order chi connectivity index (χ1) is 11.9. The number of halogens is 1. The van der Waals surface area contributed by atoms with Crippen LogP contribution in [0.1, 0.15) is 5.56 Å². The van der Waals surface area contributed by atoms with Gasteiger partial charge < -0.3 is 9.88 Å². The van der Waals surface area contributed by atoms with Crippen LogP contribution in [0.2, 0.25) is 5.02 Å². The van der Waals surface area contributed by atoms with E-state index in [0.717, 1.165) is 10.1 Å². The van der Waals surface area contributed by atoms with E-state index >= 15 is 0 Å². The first-order valence-electron chi connectivity index (χ1n) is 7.51. The molecule has 2 aromatic heterocycles. The highest BCUT2D eigenvalue weighted by atomic mass is 35.5. The molecule has 9 heteroatoms. The van der Waals surface area contributed by atoms with Gasteiger partial charge in [0.15, 0.2) is 11.2 Å². The molecule has 1 N–H and O–H groups in total. The fraction of sp³-hybridized carbons (Fsp3) is 0.250. The van der Waals surface area contributed by atoms with E-state index < -0.39 is 11.2 Å². The van der Waals surface area contributed by atoms with Crippen molar-refractivity contribution in [3.05, 3.63) is 62.0 Å². The van der Waals surface area contributed by atoms with Crippen LogP contribution in [0.3, 0.4) is 0 Å². The predicted molar refractivity (Wildman–Crippen MR) is 93.5 cm³/mol. The van der Waals surface area contributed by atoms with Crippen LogP contribution >= 0.6 is 11.6 Å². The van der Waals surface area contributed by atoms with Gasteiger partial charge in [-0.1, -0.05) is 29.8 Å². The van der Waals surface area contributed by atoms with Crippen molar-refractivity contribution in [2.45, 2.75) is 13.1 Å². The van der Waals surface area contributed by atoms with Gasteiger partial charge in [0.05, 0.1) is 6.33 Å². The minimum absolute atomic E-state index is 0.0889. The van der Waals surface area contributed by atoms with E-state index in [9.17, 15) is 14.4 Å². The summed E-state index contributed by atoms with van der Waals surface area (Å²) in [4.78, 5) is 40.5. The third-order valence-corrected chi connectivity index (χ3v) is 4.33. The van der Waals surface area contributed by atoms with Gasteiger partial charge in [0.2, 0.25) is 5.91 Å². The lowest BCUT2D eigenvalue weighted by atomic mass is 10.2. The molecule has 25 heavy (non-hydrogen) atoms. The predicted octanol–water partition coefficient (Wildman–Crippen LogP) is 0.403. The Balaban J connectivity index is 1.84. The zero-order valence-corrected chi connectivity index (χ0v) is 14.4. The number of benzene rings is 1. The van der Waals surface area contributed by atoms with Crippen LogP contribution in [0.4, 0.5) is 0 Å². The smallest absolute Gasteiger partial charge is 0.332 e. The molecule has 0 spiro atoms. The number of amides is 1. The number of carbonyl (C=O) groups excluding carboxylic acids is 1. The minimum Gasteiger partial charge on any atom is -0.350 e. The van der Waals surface area contributed by atoms with Crippen LogP contribution < -0.4 is 16.6 Å². The second-order valence-corrected chi connectivity index (χ2v) is 6.03. The molecule has 0 saturated heterocycles. The second-order valence-electron chi connectivity index (χ2n) is 5.62. The average Bonchev–Trinajstić information content (AvgIpc) is 3.01. The lowest BCUT2D eigenvalue weighted by Gasteiger charge is -2.09. The van der Waals surface area contributed by atoms with Crippen molar-refractivity contribution in [3.8, 4) is 0 Å². The van der Waals surface area contributed by atoms with Crippen LogP contribution in [0, 0.1) is 0 Å². The maximum atomic E-state index is 12.3. The number of carbonyl (C=O) groups is 1. The normalized spacial score (nSPS) is 11.0. The Morgan fingerprint density at radius 2 is 1.92 bits per heavy atom. The molecule has 8 nitrogen and oxygen atoms in total. The lowest BCUT2D eigenvalue weighted by Crippen LogP contribution is -2.38. The van der Waals surface area contributed by atoms with Gasteiger partial charge in [-0.15, -0.1) is 0 Å². The summed E-state index contributed by atoms with van der Waals surface area (Å²) in [5, 5.41) is 3.32. The first kappa shape index (κ1) is 17.0. The number of aryl methyl sites for hydroxylation is 1. The summed E-state index contributed by atoms with van der Waals surface area (Å²) >= 11 is 6.06. The van der Waals surface area contributed by atoms with E-state index in [1.54, 1.807) is 6.07 Å². The van der Waals surface area contributed by atoms with Crippen molar-refractivity contribution in [1.29, 1.82) is 0 Å². The summed E-state index contributed by atoms with van der Waals surface area (Å²) in [5.41, 5.74) is 0.288. The number of nitrogens with zero attached hydrogens (tertiary/aromatic N) is 4. The molecule has 0 unspecified atom stereocenters. The van der Waals surface area contributed by atoms with E-state index in [0.29, 0.717) is 5.02 Å². The second kappa shape index (κ2) is 6.56. The van der Waals surface area contributed by atoms with Gasteiger partial charge in [-0.3, -0.25) is 18.7 Å². The Morgan fingerprint density at radius 1 is 1.20 bits per heavy atom. The molecule has 0 aliphatic heterocycles. The zero-order valence-electron chi connectivity index (χ0n) is 13.7. The van der Waals surface area contributed by atoms with Gasteiger partial charge in [0, 0.05) is 25.7 Å². The number of fused-ring (bicyclic) bond motifs is 1. The van der Waals surface area contributed by atoms with Crippen LogP contribution in [0.5, 0.6) is 0 Å². The fourth-order valence-corrected chi connectivity index (χ4v) is 2.77. The Morgan fingerprint density at radius 3 is 2.64 bits per heavy atom. The van der Waals surface area contributed by atoms with Crippen molar-refractivity contribution in [3.63, 3.8) is 0 Å². The summed E-state index contributed by atoms with van der Waals surface area (Å²) in [6, 6.07) is 7.21. The van der Waals surface area contributed by atoms with Crippen LogP contribution in [0.25, 0.3) is 11.2 Å². The Kier molecular flexibility index (Phi) is 4.45.